The fraction of sp³-hybridized carbons (Fsp3) is 0.905. The number of ether oxygens (including phenoxy) is 2. The lowest BCUT2D eigenvalue weighted by molar-refractivity contribution is -0.150. The summed E-state index contributed by atoms with van der Waals surface area (Å²) in [7, 11) is 0. The maximum absolute atomic E-state index is 11.8. The van der Waals surface area contributed by atoms with Crippen LogP contribution in [0.1, 0.15) is 111 Å². The fourth-order valence-electron chi connectivity index (χ4n) is 2.70. The van der Waals surface area contributed by atoms with Gasteiger partial charge in [0, 0.05) is 12.8 Å². The fourth-order valence-corrected chi connectivity index (χ4v) is 2.70. The molecule has 0 heterocycles. The van der Waals surface area contributed by atoms with Crippen molar-refractivity contribution < 1.29 is 19.1 Å². The normalized spacial score (nSPS) is 12.0. The average Bonchev–Trinajstić information content (AvgIpc) is 2.61. The summed E-state index contributed by atoms with van der Waals surface area (Å²) in [5.74, 6) is -0.278. The van der Waals surface area contributed by atoms with Gasteiger partial charge in [0.15, 0.2) is 0 Å². The van der Waals surface area contributed by atoms with E-state index in [0.717, 1.165) is 38.5 Å². The highest BCUT2D eigenvalue weighted by molar-refractivity contribution is 5.70. The van der Waals surface area contributed by atoms with Crippen molar-refractivity contribution in [1.82, 2.24) is 0 Å². The van der Waals surface area contributed by atoms with Crippen LogP contribution < -0.4 is 0 Å². The van der Waals surface area contributed by atoms with Crippen molar-refractivity contribution in [1.29, 1.82) is 0 Å². The van der Waals surface area contributed by atoms with Gasteiger partial charge in [0.1, 0.15) is 6.10 Å². The zero-order valence-corrected chi connectivity index (χ0v) is 16.8. The Labute approximate surface area is 155 Å². The van der Waals surface area contributed by atoms with Crippen molar-refractivity contribution in [3.8, 4) is 0 Å². The summed E-state index contributed by atoms with van der Waals surface area (Å²) in [6.45, 7) is 6.92. The van der Waals surface area contributed by atoms with E-state index in [9.17, 15) is 9.59 Å². The second kappa shape index (κ2) is 17.8. The van der Waals surface area contributed by atoms with Crippen molar-refractivity contribution in [3.05, 3.63) is 0 Å². The molecule has 0 bridgehead atoms. The van der Waals surface area contributed by atoms with Crippen molar-refractivity contribution in [2.24, 2.45) is 0 Å². The summed E-state index contributed by atoms with van der Waals surface area (Å²) in [6, 6.07) is 0. The molecule has 0 saturated carbocycles. The molecular formula is C21H40O4. The van der Waals surface area contributed by atoms with E-state index in [1.54, 1.807) is 0 Å². The van der Waals surface area contributed by atoms with Gasteiger partial charge in [0.2, 0.25) is 0 Å². The second-order valence-corrected chi connectivity index (χ2v) is 6.86. The van der Waals surface area contributed by atoms with E-state index in [2.05, 4.69) is 13.8 Å². The number of carbonyl (C=O) groups is 2. The molecule has 1 unspecified atom stereocenters. The van der Waals surface area contributed by atoms with Gasteiger partial charge in [-0.25, -0.2) is 0 Å². The molecule has 0 radical (unpaired) electrons. The minimum atomic E-state index is -0.142. The smallest absolute Gasteiger partial charge is 0.306 e. The van der Waals surface area contributed by atoms with E-state index in [4.69, 9.17) is 9.47 Å². The topological polar surface area (TPSA) is 52.6 Å². The van der Waals surface area contributed by atoms with E-state index in [-0.39, 0.29) is 18.0 Å². The first-order valence-electron chi connectivity index (χ1n) is 10.5. The summed E-state index contributed by atoms with van der Waals surface area (Å²) in [4.78, 5) is 23.4. The Kier molecular flexibility index (Phi) is 17.0. The average molecular weight is 357 g/mol. The van der Waals surface area contributed by atoms with Crippen LogP contribution >= 0.6 is 0 Å². The molecule has 0 fully saturated rings. The third-order valence-electron chi connectivity index (χ3n) is 4.41. The van der Waals surface area contributed by atoms with Crippen molar-refractivity contribution in [2.45, 2.75) is 117 Å². The molecule has 0 N–H and O–H groups in total. The van der Waals surface area contributed by atoms with Gasteiger partial charge in [0.05, 0.1) is 6.61 Å². The monoisotopic (exact) mass is 356 g/mol. The summed E-state index contributed by atoms with van der Waals surface area (Å²) in [5, 5.41) is 0. The number of carbonyl (C=O) groups excluding carboxylic acids is 2. The molecule has 0 aromatic heterocycles. The van der Waals surface area contributed by atoms with Gasteiger partial charge in [-0.15, -0.1) is 0 Å². The highest BCUT2D eigenvalue weighted by Gasteiger charge is 2.12. The lowest BCUT2D eigenvalue weighted by Crippen LogP contribution is -2.17. The lowest BCUT2D eigenvalue weighted by Gasteiger charge is -2.15. The van der Waals surface area contributed by atoms with Crippen LogP contribution in [-0.4, -0.2) is 24.6 Å². The number of hydrogen-bond donors (Lipinski definition) is 0. The molecule has 25 heavy (non-hydrogen) atoms. The lowest BCUT2D eigenvalue weighted by atomic mass is 10.1. The molecule has 0 saturated heterocycles. The molecule has 0 aliphatic carbocycles. The summed E-state index contributed by atoms with van der Waals surface area (Å²) in [6.07, 6.45) is 13.4. The van der Waals surface area contributed by atoms with Crippen LogP contribution in [0.25, 0.3) is 0 Å². The van der Waals surface area contributed by atoms with Crippen LogP contribution in [-0.2, 0) is 19.1 Å². The Morgan fingerprint density at radius 1 is 0.720 bits per heavy atom. The maximum atomic E-state index is 11.8. The number of rotatable bonds is 17. The Hall–Kier alpha value is -1.06. The molecule has 1 atom stereocenters. The van der Waals surface area contributed by atoms with Crippen LogP contribution in [0.4, 0.5) is 0 Å². The quantitative estimate of drug-likeness (QED) is 0.238. The van der Waals surface area contributed by atoms with Crippen LogP contribution in [0.15, 0.2) is 0 Å². The first-order chi connectivity index (χ1) is 12.1. The van der Waals surface area contributed by atoms with E-state index in [0.29, 0.717) is 32.3 Å². The van der Waals surface area contributed by atoms with Crippen LogP contribution in [0, 0.1) is 0 Å². The minimum Gasteiger partial charge on any atom is -0.466 e. The SMILES string of the molecule is CCCCCCCCOC(=O)CCCCC(=O)OC(CC)CCCC. The van der Waals surface area contributed by atoms with Gasteiger partial charge in [-0.3, -0.25) is 9.59 Å². The zero-order valence-electron chi connectivity index (χ0n) is 16.8. The van der Waals surface area contributed by atoms with Crippen molar-refractivity contribution in [2.75, 3.05) is 6.61 Å². The third-order valence-corrected chi connectivity index (χ3v) is 4.41. The Morgan fingerprint density at radius 3 is 1.96 bits per heavy atom. The van der Waals surface area contributed by atoms with Gasteiger partial charge in [-0.1, -0.05) is 65.7 Å². The summed E-state index contributed by atoms with van der Waals surface area (Å²) < 4.78 is 10.7. The Bertz CT molecular complexity index is 328. The van der Waals surface area contributed by atoms with E-state index < -0.39 is 0 Å². The van der Waals surface area contributed by atoms with Crippen molar-refractivity contribution in [3.63, 3.8) is 0 Å². The van der Waals surface area contributed by atoms with Crippen LogP contribution in [0.5, 0.6) is 0 Å². The number of hydrogen-bond acceptors (Lipinski definition) is 4. The standard InChI is InChI=1S/C21H40O4/c1-4-7-9-10-11-14-18-24-20(22)16-12-13-17-21(23)25-19(6-3)15-8-5-2/h19H,4-18H2,1-3H3. The molecular weight excluding hydrogens is 316 g/mol. The van der Waals surface area contributed by atoms with Crippen LogP contribution in [0.3, 0.4) is 0 Å². The van der Waals surface area contributed by atoms with E-state index in [1.807, 2.05) is 6.92 Å². The number of unbranched alkanes of at least 4 members (excludes halogenated alkanes) is 7. The second-order valence-electron chi connectivity index (χ2n) is 6.86. The van der Waals surface area contributed by atoms with Gasteiger partial charge >= 0.3 is 11.9 Å². The number of esters is 2. The predicted octanol–water partition coefficient (Wildman–Crippen LogP) is 5.96. The predicted molar refractivity (Wildman–Crippen MR) is 102 cm³/mol. The maximum Gasteiger partial charge on any atom is 0.306 e. The first kappa shape index (κ1) is 23.9. The van der Waals surface area contributed by atoms with Gasteiger partial charge < -0.3 is 9.47 Å². The zero-order chi connectivity index (χ0) is 18.8. The molecule has 0 rings (SSSR count). The summed E-state index contributed by atoms with van der Waals surface area (Å²) in [5.41, 5.74) is 0. The van der Waals surface area contributed by atoms with Gasteiger partial charge in [-0.05, 0) is 32.1 Å². The molecule has 0 aliphatic rings. The molecule has 0 spiro atoms. The molecule has 0 aromatic rings. The highest BCUT2D eigenvalue weighted by Crippen LogP contribution is 2.11. The highest BCUT2D eigenvalue weighted by atomic mass is 16.5. The van der Waals surface area contributed by atoms with E-state index in [1.165, 1.54) is 25.7 Å². The molecule has 0 amide bonds. The minimum absolute atomic E-state index is 0.0507. The Balaban J connectivity index is 3.53. The Morgan fingerprint density at radius 2 is 1.32 bits per heavy atom. The van der Waals surface area contributed by atoms with Gasteiger partial charge in [-0.2, -0.15) is 0 Å². The van der Waals surface area contributed by atoms with Crippen molar-refractivity contribution >= 4 is 11.9 Å². The first-order valence-corrected chi connectivity index (χ1v) is 10.5. The molecule has 4 heteroatoms. The molecule has 0 aromatic carbocycles. The van der Waals surface area contributed by atoms with E-state index >= 15 is 0 Å². The molecule has 148 valence electrons. The van der Waals surface area contributed by atoms with Gasteiger partial charge in [0.25, 0.3) is 0 Å². The largest absolute Gasteiger partial charge is 0.466 e. The third kappa shape index (κ3) is 16.2. The van der Waals surface area contributed by atoms with Crippen LogP contribution in [0.2, 0.25) is 0 Å². The summed E-state index contributed by atoms with van der Waals surface area (Å²) >= 11 is 0. The molecule has 4 nitrogen and oxygen atoms in total. The molecule has 0 aliphatic heterocycles.